The molecule has 0 amide bonds. The highest BCUT2D eigenvalue weighted by molar-refractivity contribution is 5.93. The van der Waals surface area contributed by atoms with Crippen LogP contribution in [-0.4, -0.2) is 30.4 Å². The fraction of sp³-hybridized carbons (Fsp3) is 0.840. The maximum Gasteiger partial charge on any atom is 0.305 e. The Morgan fingerprint density at radius 2 is 1.83 bits per heavy atom. The van der Waals surface area contributed by atoms with Gasteiger partial charge in [0.15, 0.2) is 0 Å². The number of ether oxygens (including phenoxy) is 1. The van der Waals surface area contributed by atoms with Crippen LogP contribution < -0.4 is 0 Å². The molecule has 4 aliphatic rings. The monoisotopic (exact) mass is 416 g/mol. The fourth-order valence-corrected chi connectivity index (χ4v) is 8.04. The van der Waals surface area contributed by atoms with Crippen LogP contribution in [0.2, 0.25) is 0 Å². The van der Waals surface area contributed by atoms with E-state index in [9.17, 15) is 19.2 Å². The lowest BCUT2D eigenvalue weighted by molar-refractivity contribution is -0.166. The highest BCUT2D eigenvalue weighted by Crippen LogP contribution is 2.66. The van der Waals surface area contributed by atoms with Crippen LogP contribution in [0.25, 0.3) is 0 Å². The van der Waals surface area contributed by atoms with E-state index in [0.717, 1.165) is 25.7 Å². The van der Waals surface area contributed by atoms with E-state index in [-0.39, 0.29) is 52.7 Å². The van der Waals surface area contributed by atoms with Gasteiger partial charge in [-0.2, -0.15) is 0 Å². The summed E-state index contributed by atoms with van der Waals surface area (Å²) in [6.45, 7) is 6.50. The Kier molecular flexibility index (Phi) is 5.47. The molecule has 0 aromatic carbocycles. The highest BCUT2D eigenvalue weighted by Gasteiger charge is 2.66. The quantitative estimate of drug-likeness (QED) is 0.643. The number of hydrogen-bond donors (Lipinski definition) is 0. The molecule has 4 saturated carbocycles. The molecule has 0 radical (unpaired) electrons. The summed E-state index contributed by atoms with van der Waals surface area (Å²) in [4.78, 5) is 50.7. The number of ketones is 3. The predicted octanol–water partition coefficient (Wildman–Crippen LogP) is 4.16. The number of carbonyl (C=O) groups is 4. The van der Waals surface area contributed by atoms with Crippen LogP contribution in [-0.2, 0) is 23.9 Å². The van der Waals surface area contributed by atoms with Gasteiger partial charge >= 0.3 is 5.97 Å². The predicted molar refractivity (Wildman–Crippen MR) is 111 cm³/mol. The number of carbonyl (C=O) groups excluding carboxylic acids is 4. The Hall–Kier alpha value is -1.52. The Morgan fingerprint density at radius 1 is 1.10 bits per heavy atom. The number of fused-ring (bicyclic) bond motifs is 5. The van der Waals surface area contributed by atoms with Crippen molar-refractivity contribution >= 4 is 23.3 Å². The Labute approximate surface area is 179 Å². The number of esters is 1. The van der Waals surface area contributed by atoms with Crippen molar-refractivity contribution in [1.82, 2.24) is 0 Å². The minimum atomic E-state index is -0.472. The Balaban J connectivity index is 1.60. The Morgan fingerprint density at radius 3 is 2.53 bits per heavy atom. The first kappa shape index (κ1) is 21.7. The smallest absolute Gasteiger partial charge is 0.305 e. The summed E-state index contributed by atoms with van der Waals surface area (Å²) in [6.07, 6.45) is 5.87. The van der Waals surface area contributed by atoms with Crippen LogP contribution in [0, 0.1) is 46.3 Å². The molecule has 0 spiro atoms. The van der Waals surface area contributed by atoms with E-state index in [4.69, 9.17) is 4.74 Å². The van der Waals surface area contributed by atoms with Crippen LogP contribution in [0.1, 0.15) is 78.6 Å². The zero-order chi connectivity index (χ0) is 21.8. The van der Waals surface area contributed by atoms with Crippen LogP contribution in [0.15, 0.2) is 0 Å². The molecule has 8 atom stereocenters. The molecule has 4 rings (SSSR count). The van der Waals surface area contributed by atoms with Crippen molar-refractivity contribution in [2.45, 2.75) is 78.6 Å². The van der Waals surface area contributed by atoms with Gasteiger partial charge in [-0.25, -0.2) is 0 Å². The van der Waals surface area contributed by atoms with E-state index in [1.165, 1.54) is 7.11 Å². The van der Waals surface area contributed by atoms with Gasteiger partial charge in [-0.15, -0.1) is 0 Å². The second-order valence-electron chi connectivity index (χ2n) is 11.0. The summed E-state index contributed by atoms with van der Waals surface area (Å²) < 4.78 is 4.80. The van der Waals surface area contributed by atoms with Crippen molar-refractivity contribution in [3.05, 3.63) is 0 Å². The van der Waals surface area contributed by atoms with Crippen LogP contribution in [0.4, 0.5) is 0 Å². The van der Waals surface area contributed by atoms with Gasteiger partial charge in [0.25, 0.3) is 0 Å². The van der Waals surface area contributed by atoms with Gasteiger partial charge in [0, 0.05) is 43.4 Å². The molecule has 0 saturated heterocycles. The maximum atomic E-state index is 13.7. The van der Waals surface area contributed by atoms with Gasteiger partial charge in [-0.3, -0.25) is 19.2 Å². The molecule has 4 aliphatic carbocycles. The van der Waals surface area contributed by atoms with Crippen molar-refractivity contribution in [1.29, 1.82) is 0 Å². The number of hydrogen-bond acceptors (Lipinski definition) is 5. The lowest BCUT2D eigenvalue weighted by atomic mass is 9.44. The first-order valence-electron chi connectivity index (χ1n) is 11.8. The zero-order valence-corrected chi connectivity index (χ0v) is 18.9. The van der Waals surface area contributed by atoms with Crippen LogP contribution >= 0.6 is 0 Å². The topological polar surface area (TPSA) is 77.5 Å². The number of methoxy groups -OCH3 is 1. The first-order chi connectivity index (χ1) is 14.1. The van der Waals surface area contributed by atoms with E-state index in [2.05, 4.69) is 20.8 Å². The molecule has 30 heavy (non-hydrogen) atoms. The fourth-order valence-electron chi connectivity index (χ4n) is 8.04. The molecule has 0 N–H and O–H groups in total. The summed E-state index contributed by atoms with van der Waals surface area (Å²) in [5, 5.41) is 0. The molecule has 0 aromatic heterocycles. The molecule has 166 valence electrons. The molecule has 0 bridgehead atoms. The summed E-state index contributed by atoms with van der Waals surface area (Å²) in [7, 11) is 1.41. The second kappa shape index (κ2) is 7.56. The molecule has 5 heteroatoms. The normalized spacial score (nSPS) is 44.1. The van der Waals surface area contributed by atoms with Crippen LogP contribution in [0.5, 0.6) is 0 Å². The van der Waals surface area contributed by atoms with Crippen molar-refractivity contribution < 1.29 is 23.9 Å². The molecular formula is C25H36O5. The van der Waals surface area contributed by atoms with E-state index in [0.29, 0.717) is 43.7 Å². The third-order valence-electron chi connectivity index (χ3n) is 9.94. The minimum absolute atomic E-state index is 0.0417. The van der Waals surface area contributed by atoms with Gasteiger partial charge in [0.05, 0.1) is 7.11 Å². The summed E-state index contributed by atoms with van der Waals surface area (Å²) in [5.74, 6) is 1.41. The number of rotatable bonds is 4. The summed E-state index contributed by atoms with van der Waals surface area (Å²) in [5.41, 5.74) is -0.544. The van der Waals surface area contributed by atoms with Crippen molar-refractivity contribution in [3.63, 3.8) is 0 Å². The largest absolute Gasteiger partial charge is 0.469 e. The SMILES string of the molecule is COC(=O)CC[C@@H](C)[C@H]1CC[C@@H]2[C@H]3C(=O)C[C@H]4CC(=O)CC[C@]4(C)[C@@H]3CC(=O)[C@@]21C. The summed E-state index contributed by atoms with van der Waals surface area (Å²) >= 11 is 0. The lowest BCUT2D eigenvalue weighted by Gasteiger charge is -2.58. The summed E-state index contributed by atoms with van der Waals surface area (Å²) in [6, 6.07) is 0. The van der Waals surface area contributed by atoms with Crippen molar-refractivity contribution in [2.75, 3.05) is 7.11 Å². The Bertz CT molecular complexity index is 772. The van der Waals surface area contributed by atoms with E-state index >= 15 is 0 Å². The molecule has 0 heterocycles. The molecule has 5 nitrogen and oxygen atoms in total. The average Bonchev–Trinajstić information content (AvgIpc) is 3.06. The average molecular weight is 417 g/mol. The van der Waals surface area contributed by atoms with Crippen molar-refractivity contribution in [3.8, 4) is 0 Å². The van der Waals surface area contributed by atoms with Crippen molar-refractivity contribution in [2.24, 2.45) is 46.3 Å². The third kappa shape index (κ3) is 3.10. The zero-order valence-electron chi connectivity index (χ0n) is 18.9. The van der Waals surface area contributed by atoms with Gasteiger partial charge in [0.2, 0.25) is 0 Å². The van der Waals surface area contributed by atoms with Crippen LogP contribution in [0.3, 0.4) is 0 Å². The standard InChI is InChI=1S/C25H36O5/c1-14(5-8-22(29)30-4)17-6-7-18-23-19(13-21(28)25(17,18)3)24(2)10-9-16(26)11-15(24)12-20(23)27/h14-15,17-19,23H,5-13H2,1-4H3/t14-,15-,17-,18-,19-,23-,24+,25-/m1/s1. The molecule has 0 unspecified atom stereocenters. The lowest BCUT2D eigenvalue weighted by Crippen LogP contribution is -2.60. The van der Waals surface area contributed by atoms with E-state index in [1.807, 2.05) is 0 Å². The molecular weight excluding hydrogens is 380 g/mol. The van der Waals surface area contributed by atoms with Gasteiger partial charge in [-0.1, -0.05) is 20.8 Å². The second-order valence-corrected chi connectivity index (χ2v) is 11.0. The molecule has 4 fully saturated rings. The minimum Gasteiger partial charge on any atom is -0.469 e. The molecule has 0 aromatic rings. The maximum absolute atomic E-state index is 13.7. The molecule has 0 aliphatic heterocycles. The number of Topliss-reactive ketones (excluding diaryl/α,β-unsaturated/α-hetero) is 3. The van der Waals surface area contributed by atoms with E-state index < -0.39 is 5.41 Å². The van der Waals surface area contributed by atoms with E-state index in [1.54, 1.807) is 0 Å². The highest BCUT2D eigenvalue weighted by atomic mass is 16.5. The van der Waals surface area contributed by atoms with Gasteiger partial charge in [-0.05, 0) is 60.7 Å². The van der Waals surface area contributed by atoms with Gasteiger partial charge < -0.3 is 4.74 Å². The van der Waals surface area contributed by atoms with Gasteiger partial charge in [0.1, 0.15) is 17.3 Å². The first-order valence-corrected chi connectivity index (χ1v) is 11.8. The third-order valence-corrected chi connectivity index (χ3v) is 9.94.